The molecule has 24 heavy (non-hydrogen) atoms. The van der Waals surface area contributed by atoms with Crippen LogP contribution in [0.4, 0.5) is 10.5 Å². The molecule has 0 aliphatic carbocycles. The lowest BCUT2D eigenvalue weighted by atomic mass is 10.1. The maximum absolute atomic E-state index is 12.4. The lowest BCUT2D eigenvalue weighted by molar-refractivity contribution is 0.249. The van der Waals surface area contributed by atoms with Crippen LogP contribution in [0.15, 0.2) is 61.2 Å². The van der Waals surface area contributed by atoms with Crippen LogP contribution in [0, 0.1) is 0 Å². The number of pyridine rings is 1. The molecule has 6 nitrogen and oxygen atoms in total. The Morgan fingerprint density at radius 1 is 1.21 bits per heavy atom. The molecule has 0 saturated heterocycles. The van der Waals surface area contributed by atoms with Gasteiger partial charge in [0.1, 0.15) is 11.9 Å². The van der Waals surface area contributed by atoms with Crippen LogP contribution in [0.1, 0.15) is 17.4 Å². The van der Waals surface area contributed by atoms with Gasteiger partial charge in [-0.2, -0.15) is 0 Å². The van der Waals surface area contributed by atoms with Gasteiger partial charge >= 0.3 is 6.03 Å². The van der Waals surface area contributed by atoms with Gasteiger partial charge in [-0.15, -0.1) is 0 Å². The van der Waals surface area contributed by atoms with Gasteiger partial charge in [-0.3, -0.25) is 4.98 Å². The van der Waals surface area contributed by atoms with E-state index < -0.39 is 6.04 Å². The van der Waals surface area contributed by atoms with Crippen molar-refractivity contribution in [3.8, 4) is 0 Å². The summed E-state index contributed by atoms with van der Waals surface area (Å²) in [4.78, 5) is 20.7. The SMILES string of the molecule is Cn1ccnc1C(NC(=O)Nc1cccnc1)c1ccc(Cl)cc1. The Hall–Kier alpha value is -2.86. The molecular weight excluding hydrogens is 326 g/mol. The van der Waals surface area contributed by atoms with Crippen molar-refractivity contribution in [3.05, 3.63) is 77.6 Å². The van der Waals surface area contributed by atoms with Crippen molar-refractivity contribution in [2.45, 2.75) is 6.04 Å². The monoisotopic (exact) mass is 341 g/mol. The van der Waals surface area contributed by atoms with Gasteiger partial charge in [-0.25, -0.2) is 9.78 Å². The predicted molar refractivity (Wildman–Crippen MR) is 92.9 cm³/mol. The largest absolute Gasteiger partial charge is 0.336 e. The maximum Gasteiger partial charge on any atom is 0.320 e. The standard InChI is InChI=1S/C17H16ClN5O/c1-23-10-9-20-16(23)15(12-4-6-13(18)7-5-12)22-17(24)21-14-3-2-8-19-11-14/h2-11,15H,1H3,(H2,21,22,24). The average molecular weight is 342 g/mol. The van der Waals surface area contributed by atoms with Crippen LogP contribution in [0.3, 0.4) is 0 Å². The molecule has 0 aliphatic heterocycles. The number of imidazole rings is 1. The molecule has 3 rings (SSSR count). The number of hydrogen-bond acceptors (Lipinski definition) is 3. The summed E-state index contributed by atoms with van der Waals surface area (Å²) in [6, 6.07) is 10.1. The second kappa shape index (κ2) is 7.14. The molecule has 2 N–H and O–H groups in total. The van der Waals surface area contributed by atoms with E-state index in [0.29, 0.717) is 10.7 Å². The molecule has 3 aromatic rings. The molecule has 2 heterocycles. The quantitative estimate of drug-likeness (QED) is 0.764. The summed E-state index contributed by atoms with van der Waals surface area (Å²) >= 11 is 5.96. The smallest absolute Gasteiger partial charge is 0.320 e. The van der Waals surface area contributed by atoms with Crippen molar-refractivity contribution in [1.82, 2.24) is 19.9 Å². The minimum Gasteiger partial charge on any atom is -0.336 e. The summed E-state index contributed by atoms with van der Waals surface area (Å²) in [5, 5.41) is 6.34. The molecule has 1 unspecified atom stereocenters. The first-order valence-corrected chi connectivity index (χ1v) is 7.71. The fourth-order valence-electron chi connectivity index (χ4n) is 2.34. The number of amides is 2. The van der Waals surface area contributed by atoms with E-state index in [1.165, 1.54) is 0 Å². The highest BCUT2D eigenvalue weighted by atomic mass is 35.5. The van der Waals surface area contributed by atoms with E-state index in [9.17, 15) is 4.79 Å². The van der Waals surface area contributed by atoms with Crippen molar-refractivity contribution in [2.24, 2.45) is 7.05 Å². The van der Waals surface area contributed by atoms with Crippen LogP contribution in [0.5, 0.6) is 0 Å². The van der Waals surface area contributed by atoms with Crippen LogP contribution in [0.25, 0.3) is 0 Å². The van der Waals surface area contributed by atoms with Gasteiger partial charge in [0.2, 0.25) is 0 Å². The summed E-state index contributed by atoms with van der Waals surface area (Å²) in [5.74, 6) is 0.721. The first-order valence-electron chi connectivity index (χ1n) is 7.34. The van der Waals surface area contributed by atoms with Crippen molar-refractivity contribution in [1.29, 1.82) is 0 Å². The molecule has 0 bridgehead atoms. The normalized spacial score (nSPS) is 11.8. The lowest BCUT2D eigenvalue weighted by Crippen LogP contribution is -2.34. The summed E-state index contributed by atoms with van der Waals surface area (Å²) in [6.45, 7) is 0. The van der Waals surface area contributed by atoms with Crippen LogP contribution in [-0.4, -0.2) is 20.6 Å². The molecular formula is C17H16ClN5O. The van der Waals surface area contributed by atoms with Crippen molar-refractivity contribution in [2.75, 3.05) is 5.32 Å². The van der Waals surface area contributed by atoms with Crippen molar-refractivity contribution >= 4 is 23.3 Å². The van der Waals surface area contributed by atoms with Gasteiger partial charge in [0, 0.05) is 30.7 Å². The van der Waals surface area contributed by atoms with E-state index >= 15 is 0 Å². The average Bonchev–Trinajstić information content (AvgIpc) is 3.00. The third kappa shape index (κ3) is 3.72. The molecule has 2 amide bonds. The highest BCUT2D eigenvalue weighted by Crippen LogP contribution is 2.22. The first-order chi connectivity index (χ1) is 11.6. The Balaban J connectivity index is 1.84. The number of carbonyl (C=O) groups is 1. The van der Waals surface area contributed by atoms with Crippen LogP contribution in [-0.2, 0) is 7.05 Å². The van der Waals surface area contributed by atoms with Crippen molar-refractivity contribution < 1.29 is 4.79 Å². The minimum atomic E-state index is -0.404. The van der Waals surface area contributed by atoms with Gasteiger partial charge in [-0.1, -0.05) is 23.7 Å². The van der Waals surface area contributed by atoms with Crippen LogP contribution >= 0.6 is 11.6 Å². The summed E-state index contributed by atoms with van der Waals surface area (Å²) in [7, 11) is 1.88. The zero-order valence-corrected chi connectivity index (χ0v) is 13.7. The Morgan fingerprint density at radius 3 is 2.62 bits per heavy atom. The number of nitrogens with zero attached hydrogens (tertiary/aromatic N) is 3. The van der Waals surface area contributed by atoms with E-state index in [-0.39, 0.29) is 6.03 Å². The lowest BCUT2D eigenvalue weighted by Gasteiger charge is -2.19. The number of halogens is 1. The highest BCUT2D eigenvalue weighted by molar-refractivity contribution is 6.30. The number of urea groups is 1. The van der Waals surface area contributed by atoms with Gasteiger partial charge in [0.05, 0.1) is 11.9 Å². The summed E-state index contributed by atoms with van der Waals surface area (Å²) in [5.41, 5.74) is 1.50. The van der Waals surface area contributed by atoms with E-state index in [4.69, 9.17) is 11.6 Å². The molecule has 0 radical (unpaired) electrons. The number of hydrogen-bond donors (Lipinski definition) is 2. The molecule has 2 aromatic heterocycles. The van der Waals surface area contributed by atoms with Gasteiger partial charge in [0.25, 0.3) is 0 Å². The molecule has 0 saturated carbocycles. The second-order valence-corrected chi connectivity index (χ2v) is 5.66. The number of anilines is 1. The second-order valence-electron chi connectivity index (χ2n) is 5.22. The number of carbonyl (C=O) groups excluding carboxylic acids is 1. The number of aryl methyl sites for hydroxylation is 1. The first kappa shape index (κ1) is 16.0. The van der Waals surface area contributed by atoms with Gasteiger partial charge in [0.15, 0.2) is 0 Å². The fourth-order valence-corrected chi connectivity index (χ4v) is 2.47. The zero-order chi connectivity index (χ0) is 16.9. The Kier molecular flexibility index (Phi) is 4.77. The Bertz CT molecular complexity index is 817. The van der Waals surface area contributed by atoms with Gasteiger partial charge < -0.3 is 15.2 Å². The molecule has 1 aromatic carbocycles. The van der Waals surface area contributed by atoms with E-state index in [0.717, 1.165) is 11.4 Å². The number of nitrogens with one attached hydrogen (secondary N) is 2. The van der Waals surface area contributed by atoms with E-state index in [1.807, 2.05) is 29.9 Å². The molecule has 1 atom stereocenters. The van der Waals surface area contributed by atoms with E-state index in [1.54, 1.807) is 42.9 Å². The number of benzene rings is 1. The summed E-state index contributed by atoms with van der Waals surface area (Å²) in [6.07, 6.45) is 6.75. The predicted octanol–water partition coefficient (Wildman–Crippen LogP) is 3.38. The summed E-state index contributed by atoms with van der Waals surface area (Å²) < 4.78 is 1.86. The Labute approximate surface area is 144 Å². The zero-order valence-electron chi connectivity index (χ0n) is 13.0. The minimum absolute atomic E-state index is 0.342. The van der Waals surface area contributed by atoms with Crippen LogP contribution in [0.2, 0.25) is 5.02 Å². The molecule has 122 valence electrons. The molecule has 0 aliphatic rings. The molecule has 0 fully saturated rings. The third-order valence-electron chi connectivity index (χ3n) is 3.51. The fraction of sp³-hybridized carbons (Fsp3) is 0.118. The third-order valence-corrected chi connectivity index (χ3v) is 3.77. The van der Waals surface area contributed by atoms with E-state index in [2.05, 4.69) is 20.6 Å². The molecule has 7 heteroatoms. The maximum atomic E-state index is 12.4. The van der Waals surface area contributed by atoms with Crippen molar-refractivity contribution in [3.63, 3.8) is 0 Å². The number of rotatable bonds is 4. The Morgan fingerprint density at radius 2 is 2.00 bits per heavy atom. The number of aromatic nitrogens is 3. The highest BCUT2D eigenvalue weighted by Gasteiger charge is 2.20. The van der Waals surface area contributed by atoms with Gasteiger partial charge in [-0.05, 0) is 29.8 Å². The molecule has 0 spiro atoms. The topological polar surface area (TPSA) is 71.8 Å². The van der Waals surface area contributed by atoms with Crippen LogP contribution < -0.4 is 10.6 Å².